The highest BCUT2D eigenvalue weighted by molar-refractivity contribution is 7.98. The molecule has 146 valence electrons. The molecule has 1 heterocycles. The number of rotatable bonds is 8. The van der Waals surface area contributed by atoms with Crippen molar-refractivity contribution in [2.75, 3.05) is 13.7 Å². The summed E-state index contributed by atoms with van der Waals surface area (Å²) in [6.45, 7) is 1.48. The van der Waals surface area contributed by atoms with Gasteiger partial charge in [0.1, 0.15) is 5.75 Å². The SMILES string of the molecule is COc1ccc(-n2cc(CSc3ccc(OCC(=O)O)c(C)c3)nn2)cc1F. The first-order valence-corrected chi connectivity index (χ1v) is 9.28. The van der Waals surface area contributed by atoms with Gasteiger partial charge in [-0.05, 0) is 42.8 Å². The van der Waals surface area contributed by atoms with E-state index in [1.165, 1.54) is 23.9 Å². The number of benzene rings is 2. The largest absolute Gasteiger partial charge is 0.494 e. The first kappa shape index (κ1) is 19.7. The normalized spacial score (nSPS) is 10.7. The summed E-state index contributed by atoms with van der Waals surface area (Å²) < 4.78 is 25.5. The van der Waals surface area contributed by atoms with Crippen molar-refractivity contribution in [1.82, 2.24) is 15.0 Å². The van der Waals surface area contributed by atoms with E-state index in [-0.39, 0.29) is 12.4 Å². The summed E-state index contributed by atoms with van der Waals surface area (Å²) >= 11 is 1.56. The Morgan fingerprint density at radius 1 is 1.25 bits per heavy atom. The number of halogens is 1. The van der Waals surface area contributed by atoms with E-state index in [4.69, 9.17) is 14.6 Å². The molecule has 7 nitrogen and oxygen atoms in total. The van der Waals surface area contributed by atoms with E-state index in [1.54, 1.807) is 30.1 Å². The molecule has 0 fully saturated rings. The molecule has 0 aliphatic rings. The molecule has 0 saturated carbocycles. The topological polar surface area (TPSA) is 86.5 Å². The van der Waals surface area contributed by atoms with Crippen LogP contribution in [-0.4, -0.2) is 39.8 Å². The van der Waals surface area contributed by atoms with Crippen molar-refractivity contribution >= 4 is 17.7 Å². The van der Waals surface area contributed by atoms with Gasteiger partial charge >= 0.3 is 5.97 Å². The van der Waals surface area contributed by atoms with Gasteiger partial charge in [-0.2, -0.15) is 0 Å². The average Bonchev–Trinajstić information content (AvgIpc) is 3.14. The molecule has 0 atom stereocenters. The molecular weight excluding hydrogens is 385 g/mol. The highest BCUT2D eigenvalue weighted by atomic mass is 32.2. The van der Waals surface area contributed by atoms with Crippen LogP contribution in [0.4, 0.5) is 4.39 Å². The lowest BCUT2D eigenvalue weighted by atomic mass is 10.2. The second kappa shape index (κ2) is 8.75. The van der Waals surface area contributed by atoms with Gasteiger partial charge in [0, 0.05) is 16.7 Å². The number of hydrogen-bond acceptors (Lipinski definition) is 6. The van der Waals surface area contributed by atoms with Crippen molar-refractivity contribution < 1.29 is 23.8 Å². The lowest BCUT2D eigenvalue weighted by Crippen LogP contribution is -2.09. The predicted molar refractivity (Wildman–Crippen MR) is 102 cm³/mol. The summed E-state index contributed by atoms with van der Waals surface area (Å²) in [5.41, 5.74) is 2.14. The van der Waals surface area contributed by atoms with Crippen LogP contribution in [0.15, 0.2) is 47.5 Å². The molecule has 0 aliphatic heterocycles. The Bertz CT molecular complexity index is 993. The lowest BCUT2D eigenvalue weighted by Gasteiger charge is -2.08. The van der Waals surface area contributed by atoms with Gasteiger partial charge in [-0.3, -0.25) is 0 Å². The molecule has 3 aromatic rings. The van der Waals surface area contributed by atoms with Crippen molar-refractivity contribution in [3.05, 3.63) is 59.7 Å². The number of carboxylic acids is 1. The van der Waals surface area contributed by atoms with Crippen LogP contribution in [0.3, 0.4) is 0 Å². The third-order valence-electron chi connectivity index (χ3n) is 3.83. The summed E-state index contributed by atoms with van der Waals surface area (Å²) in [5, 5.41) is 16.8. The third kappa shape index (κ3) is 4.80. The molecule has 0 saturated heterocycles. The summed E-state index contributed by atoms with van der Waals surface area (Å²) in [6.07, 6.45) is 1.74. The number of carboxylic acid groups (broad SMARTS) is 1. The fourth-order valence-corrected chi connectivity index (χ4v) is 3.33. The quantitative estimate of drug-likeness (QED) is 0.576. The third-order valence-corrected chi connectivity index (χ3v) is 4.85. The standard InChI is InChI=1S/C19H18FN3O4S/c1-12-7-15(4-6-17(12)27-10-19(24)25)28-11-13-9-23(22-21-13)14-3-5-18(26-2)16(20)8-14/h3-9H,10-11H2,1-2H3,(H,24,25). The van der Waals surface area contributed by atoms with Crippen molar-refractivity contribution in [2.45, 2.75) is 17.6 Å². The van der Waals surface area contributed by atoms with Gasteiger partial charge < -0.3 is 14.6 Å². The van der Waals surface area contributed by atoms with E-state index >= 15 is 0 Å². The maximum atomic E-state index is 13.8. The highest BCUT2D eigenvalue weighted by Crippen LogP contribution is 2.28. The smallest absolute Gasteiger partial charge is 0.341 e. The Kier molecular flexibility index (Phi) is 6.15. The molecule has 2 aromatic carbocycles. The molecule has 0 bridgehead atoms. The average molecular weight is 403 g/mol. The number of aryl methyl sites for hydroxylation is 1. The molecule has 1 N–H and O–H groups in total. The molecule has 9 heteroatoms. The number of hydrogen-bond donors (Lipinski definition) is 1. The molecule has 0 spiro atoms. The first-order chi connectivity index (χ1) is 13.5. The Balaban J connectivity index is 1.63. The molecule has 0 radical (unpaired) electrons. The zero-order valence-electron chi connectivity index (χ0n) is 15.3. The van der Waals surface area contributed by atoms with Crippen LogP contribution in [0, 0.1) is 12.7 Å². The fourth-order valence-electron chi connectivity index (χ4n) is 2.46. The van der Waals surface area contributed by atoms with Gasteiger partial charge in [0.05, 0.1) is 24.7 Å². The molecule has 0 amide bonds. The van der Waals surface area contributed by atoms with Gasteiger partial charge in [0.2, 0.25) is 0 Å². The second-order valence-corrected chi connectivity index (χ2v) is 6.92. The molecule has 28 heavy (non-hydrogen) atoms. The van der Waals surface area contributed by atoms with E-state index in [9.17, 15) is 9.18 Å². The van der Waals surface area contributed by atoms with E-state index in [0.29, 0.717) is 17.2 Å². The van der Waals surface area contributed by atoms with Crippen molar-refractivity contribution in [1.29, 1.82) is 0 Å². The van der Waals surface area contributed by atoms with Crippen LogP contribution in [-0.2, 0) is 10.5 Å². The van der Waals surface area contributed by atoms with E-state index in [0.717, 1.165) is 16.2 Å². The van der Waals surface area contributed by atoms with E-state index in [2.05, 4.69) is 10.3 Å². The van der Waals surface area contributed by atoms with Gasteiger partial charge in [-0.15, -0.1) is 16.9 Å². The predicted octanol–water partition coefficient (Wildman–Crippen LogP) is 3.48. The number of thioether (sulfide) groups is 1. The van der Waals surface area contributed by atoms with E-state index < -0.39 is 11.8 Å². The Morgan fingerprint density at radius 3 is 2.71 bits per heavy atom. The summed E-state index contributed by atoms with van der Waals surface area (Å²) in [7, 11) is 1.41. The van der Waals surface area contributed by atoms with Crippen LogP contribution in [0.5, 0.6) is 11.5 Å². The van der Waals surface area contributed by atoms with Crippen molar-refractivity contribution in [3.8, 4) is 17.2 Å². The Morgan fingerprint density at radius 2 is 2.04 bits per heavy atom. The van der Waals surface area contributed by atoms with E-state index in [1.807, 2.05) is 19.1 Å². The first-order valence-electron chi connectivity index (χ1n) is 8.29. The van der Waals surface area contributed by atoms with Crippen LogP contribution < -0.4 is 9.47 Å². The van der Waals surface area contributed by atoms with Gasteiger partial charge in [0.15, 0.2) is 18.2 Å². The van der Waals surface area contributed by atoms with Gasteiger partial charge in [-0.1, -0.05) is 5.21 Å². The number of nitrogens with zero attached hydrogens (tertiary/aromatic N) is 3. The maximum Gasteiger partial charge on any atom is 0.341 e. The zero-order chi connectivity index (χ0) is 20.1. The van der Waals surface area contributed by atoms with Crippen LogP contribution in [0.1, 0.15) is 11.3 Å². The lowest BCUT2D eigenvalue weighted by molar-refractivity contribution is -0.139. The number of aliphatic carboxylic acids is 1. The number of aromatic nitrogens is 3. The molecular formula is C19H18FN3O4S. The minimum absolute atomic E-state index is 0.172. The second-order valence-electron chi connectivity index (χ2n) is 5.87. The summed E-state index contributed by atoms with van der Waals surface area (Å²) in [5.74, 6) is -0.192. The summed E-state index contributed by atoms with van der Waals surface area (Å²) in [4.78, 5) is 11.6. The Hall–Kier alpha value is -3.07. The minimum atomic E-state index is -1.02. The molecule has 3 rings (SSSR count). The van der Waals surface area contributed by atoms with Gasteiger partial charge in [0.25, 0.3) is 0 Å². The van der Waals surface area contributed by atoms with Gasteiger partial charge in [-0.25, -0.2) is 13.9 Å². The molecule has 1 aromatic heterocycles. The Labute approximate surface area is 165 Å². The number of ether oxygens (including phenoxy) is 2. The van der Waals surface area contributed by atoms with Crippen molar-refractivity contribution in [3.63, 3.8) is 0 Å². The van der Waals surface area contributed by atoms with Crippen molar-refractivity contribution in [2.24, 2.45) is 0 Å². The molecule has 0 aliphatic carbocycles. The zero-order valence-corrected chi connectivity index (χ0v) is 16.1. The van der Waals surface area contributed by atoms with Crippen LogP contribution >= 0.6 is 11.8 Å². The van der Waals surface area contributed by atoms with Crippen LogP contribution in [0.2, 0.25) is 0 Å². The fraction of sp³-hybridized carbons (Fsp3) is 0.211. The number of methoxy groups -OCH3 is 1. The summed E-state index contributed by atoms with van der Waals surface area (Å²) in [6, 6.07) is 10.1. The minimum Gasteiger partial charge on any atom is -0.494 e. The maximum absolute atomic E-state index is 13.8. The van der Waals surface area contributed by atoms with Crippen LogP contribution in [0.25, 0.3) is 5.69 Å². The monoisotopic (exact) mass is 403 g/mol. The number of carbonyl (C=O) groups is 1. The highest BCUT2D eigenvalue weighted by Gasteiger charge is 2.09. The molecule has 0 unspecified atom stereocenters.